The predicted molar refractivity (Wildman–Crippen MR) is 88.3 cm³/mol. The van der Waals surface area contributed by atoms with Crippen molar-refractivity contribution < 1.29 is 0 Å². The maximum Gasteiger partial charge on any atom is 0.0705 e. The van der Waals surface area contributed by atoms with Crippen LogP contribution in [0, 0.1) is 12.8 Å². The molecule has 1 aliphatic heterocycles. The summed E-state index contributed by atoms with van der Waals surface area (Å²) in [5.41, 5.74) is 3.60. The van der Waals surface area contributed by atoms with Crippen molar-refractivity contribution in [1.29, 1.82) is 0 Å². The fourth-order valence-corrected chi connectivity index (χ4v) is 4.33. The van der Waals surface area contributed by atoms with Crippen LogP contribution in [0.1, 0.15) is 30.6 Å². The van der Waals surface area contributed by atoms with E-state index in [2.05, 4.69) is 59.3 Å². The topological polar surface area (TPSA) is 24.9 Å². The minimum Gasteiger partial charge on any atom is -0.310 e. The van der Waals surface area contributed by atoms with Crippen molar-refractivity contribution in [3.05, 3.63) is 41.6 Å². The van der Waals surface area contributed by atoms with E-state index >= 15 is 0 Å². The first kappa shape index (κ1) is 13.9. The van der Waals surface area contributed by atoms with Gasteiger partial charge < -0.3 is 5.32 Å². The Balaban J connectivity index is 1.95. The van der Waals surface area contributed by atoms with Crippen molar-refractivity contribution in [3.8, 4) is 0 Å². The molecular weight excluding hydrogens is 264 g/mol. The van der Waals surface area contributed by atoms with Crippen LogP contribution in [0.5, 0.6) is 0 Å². The molecule has 2 nitrogen and oxygen atoms in total. The van der Waals surface area contributed by atoms with Gasteiger partial charge in [-0.2, -0.15) is 11.8 Å². The van der Waals surface area contributed by atoms with Crippen LogP contribution in [-0.2, 0) is 0 Å². The highest BCUT2D eigenvalue weighted by Gasteiger charge is 2.26. The first-order valence-electron chi connectivity index (χ1n) is 7.46. The molecule has 2 unspecified atom stereocenters. The SMILES string of the molecule is CCNC(c1ccc2nc(C)ccc2c1)C1CCSC1. The number of benzene rings is 1. The third-order valence-electron chi connectivity index (χ3n) is 4.07. The lowest BCUT2D eigenvalue weighted by Crippen LogP contribution is -2.28. The van der Waals surface area contributed by atoms with Gasteiger partial charge in [0.05, 0.1) is 5.52 Å². The monoisotopic (exact) mass is 286 g/mol. The molecule has 3 heteroatoms. The number of nitrogens with zero attached hydrogens (tertiary/aromatic N) is 1. The highest BCUT2D eigenvalue weighted by atomic mass is 32.2. The maximum atomic E-state index is 4.60. The maximum absolute atomic E-state index is 4.60. The molecule has 1 aliphatic rings. The third-order valence-corrected chi connectivity index (χ3v) is 5.26. The zero-order valence-electron chi connectivity index (χ0n) is 12.2. The van der Waals surface area contributed by atoms with Crippen molar-refractivity contribution in [2.24, 2.45) is 5.92 Å². The molecule has 0 radical (unpaired) electrons. The molecule has 106 valence electrons. The average Bonchev–Trinajstić information content (AvgIpc) is 2.98. The molecule has 0 bridgehead atoms. The summed E-state index contributed by atoms with van der Waals surface area (Å²) in [5, 5.41) is 4.93. The molecule has 0 saturated carbocycles. The Hall–Kier alpha value is -1.06. The van der Waals surface area contributed by atoms with Gasteiger partial charge in [-0.3, -0.25) is 4.98 Å². The zero-order chi connectivity index (χ0) is 13.9. The Morgan fingerprint density at radius 1 is 1.35 bits per heavy atom. The zero-order valence-corrected chi connectivity index (χ0v) is 13.0. The molecule has 1 aromatic carbocycles. The Labute approximate surface area is 125 Å². The summed E-state index contributed by atoms with van der Waals surface area (Å²) in [6.07, 6.45) is 1.33. The van der Waals surface area contributed by atoms with Gasteiger partial charge in [-0.15, -0.1) is 0 Å². The van der Waals surface area contributed by atoms with Gasteiger partial charge in [0.1, 0.15) is 0 Å². The van der Waals surface area contributed by atoms with Gasteiger partial charge >= 0.3 is 0 Å². The quantitative estimate of drug-likeness (QED) is 0.921. The molecule has 2 aromatic rings. The number of fused-ring (bicyclic) bond motifs is 1. The number of rotatable bonds is 4. The average molecular weight is 286 g/mol. The van der Waals surface area contributed by atoms with E-state index < -0.39 is 0 Å². The van der Waals surface area contributed by atoms with Crippen LogP contribution in [0.15, 0.2) is 30.3 Å². The number of nitrogens with one attached hydrogen (secondary N) is 1. The summed E-state index contributed by atoms with van der Waals surface area (Å²) >= 11 is 2.08. The number of aromatic nitrogens is 1. The molecule has 1 fully saturated rings. The lowest BCUT2D eigenvalue weighted by molar-refractivity contribution is 0.401. The Kier molecular flexibility index (Phi) is 4.27. The predicted octanol–water partition coefficient (Wildman–Crippen LogP) is 3.95. The van der Waals surface area contributed by atoms with E-state index in [1.807, 2.05) is 6.92 Å². The number of hydrogen-bond donors (Lipinski definition) is 1. The van der Waals surface area contributed by atoms with Crippen LogP contribution in [0.25, 0.3) is 10.9 Å². The molecule has 0 spiro atoms. The van der Waals surface area contributed by atoms with E-state index in [4.69, 9.17) is 0 Å². The van der Waals surface area contributed by atoms with Crippen molar-refractivity contribution in [3.63, 3.8) is 0 Å². The number of pyridine rings is 1. The summed E-state index contributed by atoms with van der Waals surface area (Å²) in [6, 6.07) is 11.5. The summed E-state index contributed by atoms with van der Waals surface area (Å²) in [7, 11) is 0. The molecule has 2 heterocycles. The van der Waals surface area contributed by atoms with Gasteiger partial charge in [0.25, 0.3) is 0 Å². The van der Waals surface area contributed by atoms with Crippen molar-refractivity contribution >= 4 is 22.7 Å². The van der Waals surface area contributed by atoms with Crippen LogP contribution in [-0.4, -0.2) is 23.0 Å². The Morgan fingerprint density at radius 3 is 3.00 bits per heavy atom. The summed E-state index contributed by atoms with van der Waals surface area (Å²) in [6.45, 7) is 5.27. The molecule has 3 rings (SSSR count). The van der Waals surface area contributed by atoms with Gasteiger partial charge in [0.15, 0.2) is 0 Å². The normalized spacial score (nSPS) is 20.4. The van der Waals surface area contributed by atoms with E-state index in [9.17, 15) is 0 Å². The van der Waals surface area contributed by atoms with E-state index in [0.717, 1.165) is 23.7 Å². The van der Waals surface area contributed by atoms with Gasteiger partial charge in [-0.25, -0.2) is 0 Å². The molecule has 20 heavy (non-hydrogen) atoms. The minimum atomic E-state index is 0.487. The molecular formula is C17H22N2S. The van der Waals surface area contributed by atoms with Crippen LogP contribution in [0.3, 0.4) is 0 Å². The highest BCUT2D eigenvalue weighted by molar-refractivity contribution is 7.99. The van der Waals surface area contributed by atoms with Crippen LogP contribution >= 0.6 is 11.8 Å². The lowest BCUT2D eigenvalue weighted by Gasteiger charge is -2.24. The second-order valence-electron chi connectivity index (χ2n) is 5.56. The number of aryl methyl sites for hydroxylation is 1. The number of hydrogen-bond acceptors (Lipinski definition) is 3. The van der Waals surface area contributed by atoms with Crippen LogP contribution < -0.4 is 5.32 Å². The summed E-state index contributed by atoms with van der Waals surface area (Å²) in [4.78, 5) is 4.60. The van der Waals surface area contributed by atoms with Gasteiger partial charge in [-0.05, 0) is 61.1 Å². The highest BCUT2D eigenvalue weighted by Crippen LogP contribution is 2.35. The van der Waals surface area contributed by atoms with E-state index in [0.29, 0.717) is 6.04 Å². The van der Waals surface area contributed by atoms with Crippen molar-refractivity contribution in [1.82, 2.24) is 10.3 Å². The van der Waals surface area contributed by atoms with E-state index in [1.54, 1.807) is 0 Å². The van der Waals surface area contributed by atoms with Gasteiger partial charge in [0, 0.05) is 17.1 Å². The fraction of sp³-hybridized carbons (Fsp3) is 0.471. The van der Waals surface area contributed by atoms with E-state index in [-0.39, 0.29) is 0 Å². The Bertz CT molecular complexity index is 591. The van der Waals surface area contributed by atoms with Gasteiger partial charge in [0.2, 0.25) is 0 Å². The second-order valence-corrected chi connectivity index (χ2v) is 6.71. The molecule has 0 aliphatic carbocycles. The molecule has 1 N–H and O–H groups in total. The molecule has 1 saturated heterocycles. The summed E-state index contributed by atoms with van der Waals surface area (Å²) in [5.74, 6) is 3.35. The smallest absolute Gasteiger partial charge is 0.0705 e. The first-order valence-corrected chi connectivity index (χ1v) is 8.62. The van der Waals surface area contributed by atoms with Crippen molar-refractivity contribution in [2.75, 3.05) is 18.1 Å². The standard InChI is InChI=1S/C17H22N2S/c1-3-18-17(15-8-9-20-11-15)14-6-7-16-13(10-14)5-4-12(2)19-16/h4-7,10,15,17-18H,3,8-9,11H2,1-2H3. The number of thioether (sulfide) groups is 1. The molecule has 1 aromatic heterocycles. The third kappa shape index (κ3) is 2.84. The van der Waals surface area contributed by atoms with Gasteiger partial charge in [-0.1, -0.05) is 19.1 Å². The fourth-order valence-electron chi connectivity index (χ4n) is 3.03. The van der Waals surface area contributed by atoms with Crippen LogP contribution in [0.4, 0.5) is 0 Å². The summed E-state index contributed by atoms with van der Waals surface area (Å²) < 4.78 is 0. The van der Waals surface area contributed by atoms with Crippen LogP contribution in [0.2, 0.25) is 0 Å². The lowest BCUT2D eigenvalue weighted by atomic mass is 9.91. The second kappa shape index (κ2) is 6.15. The molecule has 2 atom stereocenters. The minimum absolute atomic E-state index is 0.487. The largest absolute Gasteiger partial charge is 0.310 e. The van der Waals surface area contributed by atoms with Crippen molar-refractivity contribution in [2.45, 2.75) is 26.3 Å². The van der Waals surface area contributed by atoms with E-state index in [1.165, 1.54) is 28.9 Å². The first-order chi connectivity index (χ1) is 9.78. The Morgan fingerprint density at radius 2 is 2.25 bits per heavy atom. The molecule has 0 amide bonds.